The van der Waals surface area contributed by atoms with Gasteiger partial charge in [-0.1, -0.05) is 12.2 Å². The second-order valence-corrected chi connectivity index (χ2v) is 3.79. The molecule has 0 radical (unpaired) electrons. The highest BCUT2D eigenvalue weighted by atomic mass is 16.8. The van der Waals surface area contributed by atoms with Crippen molar-refractivity contribution in [1.82, 2.24) is 0 Å². The van der Waals surface area contributed by atoms with Crippen LogP contribution < -0.4 is 0 Å². The van der Waals surface area contributed by atoms with Crippen molar-refractivity contribution >= 4 is 0 Å². The lowest BCUT2D eigenvalue weighted by Crippen LogP contribution is -2.49. The highest BCUT2D eigenvalue weighted by Gasteiger charge is 2.51. The summed E-state index contributed by atoms with van der Waals surface area (Å²) < 4.78 is 16.3. The molecule has 1 spiro atoms. The van der Waals surface area contributed by atoms with Gasteiger partial charge < -0.3 is 19.3 Å². The summed E-state index contributed by atoms with van der Waals surface area (Å²) in [7, 11) is 0. The first-order valence-electron chi connectivity index (χ1n) is 4.37. The number of aliphatic hydroxyl groups excluding tert-OH is 1. The molecule has 4 nitrogen and oxygen atoms in total. The molecular weight excluding hydrogens is 172 g/mol. The molecule has 2 atom stereocenters. The molecule has 74 valence electrons. The van der Waals surface area contributed by atoms with Gasteiger partial charge in [-0.05, 0) is 13.8 Å². The Morgan fingerprint density at radius 2 is 2.15 bits per heavy atom. The van der Waals surface area contributed by atoms with Crippen molar-refractivity contribution in [3.63, 3.8) is 0 Å². The average molecular weight is 186 g/mol. The molecule has 4 heteroatoms. The molecule has 1 saturated heterocycles. The Bertz CT molecular complexity index is 236. The maximum atomic E-state index is 9.67. The molecule has 1 fully saturated rings. The Balaban J connectivity index is 2.18. The van der Waals surface area contributed by atoms with Crippen molar-refractivity contribution in [2.24, 2.45) is 0 Å². The van der Waals surface area contributed by atoms with Crippen LogP contribution in [0.25, 0.3) is 0 Å². The van der Waals surface area contributed by atoms with Crippen LogP contribution in [-0.2, 0) is 14.2 Å². The third-order valence-electron chi connectivity index (χ3n) is 2.23. The number of rotatable bonds is 0. The minimum absolute atomic E-state index is 0.269. The highest BCUT2D eigenvalue weighted by Crippen LogP contribution is 2.36. The number of hydrogen-bond acceptors (Lipinski definition) is 4. The molecule has 0 aliphatic carbocycles. The van der Waals surface area contributed by atoms with Gasteiger partial charge in [-0.2, -0.15) is 0 Å². The maximum absolute atomic E-state index is 9.67. The van der Waals surface area contributed by atoms with E-state index in [0.29, 0.717) is 6.61 Å². The molecule has 0 amide bonds. The monoisotopic (exact) mass is 186 g/mol. The molecule has 0 saturated carbocycles. The van der Waals surface area contributed by atoms with E-state index in [1.54, 1.807) is 26.0 Å². The predicted molar refractivity (Wildman–Crippen MR) is 44.9 cm³/mol. The minimum Gasteiger partial charge on any atom is -0.383 e. The van der Waals surface area contributed by atoms with E-state index < -0.39 is 17.7 Å². The molecule has 2 aliphatic rings. The van der Waals surface area contributed by atoms with Crippen molar-refractivity contribution in [3.05, 3.63) is 12.2 Å². The van der Waals surface area contributed by atoms with Crippen molar-refractivity contribution in [3.8, 4) is 0 Å². The Kier molecular flexibility index (Phi) is 1.96. The van der Waals surface area contributed by atoms with Crippen LogP contribution >= 0.6 is 0 Å². The van der Waals surface area contributed by atoms with Gasteiger partial charge in [-0.15, -0.1) is 0 Å². The normalized spacial score (nSPS) is 42.8. The Hall–Kier alpha value is -0.420. The molecule has 0 aromatic rings. The lowest BCUT2D eigenvalue weighted by atomic mass is 10.1. The number of aliphatic hydroxyl groups is 1. The molecule has 0 bridgehead atoms. The van der Waals surface area contributed by atoms with Crippen LogP contribution in [0.1, 0.15) is 13.8 Å². The molecule has 2 unspecified atom stereocenters. The number of ether oxygens (including phenoxy) is 3. The lowest BCUT2D eigenvalue weighted by Gasteiger charge is -2.33. The molecule has 2 heterocycles. The van der Waals surface area contributed by atoms with Crippen LogP contribution in [0.5, 0.6) is 0 Å². The first-order valence-corrected chi connectivity index (χ1v) is 4.37. The van der Waals surface area contributed by atoms with E-state index in [1.807, 2.05) is 0 Å². The van der Waals surface area contributed by atoms with Gasteiger partial charge in [0.1, 0.15) is 12.7 Å². The molecule has 1 N–H and O–H groups in total. The smallest absolute Gasteiger partial charge is 0.225 e. The van der Waals surface area contributed by atoms with Crippen LogP contribution in [0.15, 0.2) is 12.2 Å². The van der Waals surface area contributed by atoms with Gasteiger partial charge in [0.15, 0.2) is 5.79 Å². The van der Waals surface area contributed by atoms with Gasteiger partial charge in [0.05, 0.1) is 6.61 Å². The zero-order chi connectivity index (χ0) is 9.53. The second-order valence-electron chi connectivity index (χ2n) is 3.79. The fourth-order valence-corrected chi connectivity index (χ4v) is 1.57. The summed E-state index contributed by atoms with van der Waals surface area (Å²) >= 11 is 0. The fourth-order valence-electron chi connectivity index (χ4n) is 1.57. The second kappa shape index (κ2) is 2.78. The summed E-state index contributed by atoms with van der Waals surface area (Å²) in [6.45, 7) is 4.33. The van der Waals surface area contributed by atoms with E-state index >= 15 is 0 Å². The van der Waals surface area contributed by atoms with E-state index in [0.717, 1.165) is 0 Å². The van der Waals surface area contributed by atoms with Crippen molar-refractivity contribution in [2.75, 3.05) is 13.2 Å². The largest absolute Gasteiger partial charge is 0.383 e. The van der Waals surface area contributed by atoms with Crippen LogP contribution in [0.4, 0.5) is 0 Å². The van der Waals surface area contributed by atoms with Gasteiger partial charge in [0.2, 0.25) is 5.79 Å². The van der Waals surface area contributed by atoms with Crippen LogP contribution in [0.2, 0.25) is 0 Å². The third kappa shape index (κ3) is 1.50. The topological polar surface area (TPSA) is 47.9 Å². The summed E-state index contributed by atoms with van der Waals surface area (Å²) in [5.41, 5.74) is 0. The van der Waals surface area contributed by atoms with E-state index in [1.165, 1.54) is 0 Å². The van der Waals surface area contributed by atoms with E-state index in [2.05, 4.69) is 0 Å². The average Bonchev–Trinajstić information content (AvgIpc) is 2.35. The first kappa shape index (κ1) is 9.15. The molecule has 0 aromatic heterocycles. The third-order valence-corrected chi connectivity index (χ3v) is 2.23. The summed E-state index contributed by atoms with van der Waals surface area (Å²) in [6.07, 6.45) is 2.70. The maximum Gasteiger partial charge on any atom is 0.225 e. The zero-order valence-electron chi connectivity index (χ0n) is 7.82. The SMILES string of the molecule is CC1(C)OCC2(OCC=CC2O)O1. The van der Waals surface area contributed by atoms with Gasteiger partial charge >= 0.3 is 0 Å². The summed E-state index contributed by atoms with van der Waals surface area (Å²) in [5.74, 6) is -1.66. The summed E-state index contributed by atoms with van der Waals surface area (Å²) in [4.78, 5) is 0. The zero-order valence-corrected chi connectivity index (χ0v) is 7.82. The first-order chi connectivity index (χ1) is 6.04. The van der Waals surface area contributed by atoms with E-state index in [4.69, 9.17) is 14.2 Å². The van der Waals surface area contributed by atoms with Gasteiger partial charge in [-0.25, -0.2) is 0 Å². The standard InChI is InChI=1S/C9H14O4/c1-8(2)12-6-9(13-8)7(10)4-3-5-11-9/h3-4,7,10H,5-6H2,1-2H3. The van der Waals surface area contributed by atoms with Crippen LogP contribution in [0.3, 0.4) is 0 Å². The highest BCUT2D eigenvalue weighted by molar-refractivity contribution is 5.03. The summed E-state index contributed by atoms with van der Waals surface area (Å²) in [5, 5.41) is 9.67. The van der Waals surface area contributed by atoms with Crippen molar-refractivity contribution in [2.45, 2.75) is 31.5 Å². The molecular formula is C9H14O4. The van der Waals surface area contributed by atoms with Gasteiger partial charge in [0.25, 0.3) is 0 Å². The van der Waals surface area contributed by atoms with Crippen LogP contribution in [-0.4, -0.2) is 36.0 Å². The molecule has 2 aliphatic heterocycles. The predicted octanol–water partition coefficient (Wildman–Crippen LogP) is 0.413. The lowest BCUT2D eigenvalue weighted by molar-refractivity contribution is -0.280. The summed E-state index contributed by atoms with van der Waals surface area (Å²) in [6, 6.07) is 0. The van der Waals surface area contributed by atoms with Gasteiger partial charge in [0, 0.05) is 0 Å². The fraction of sp³-hybridized carbons (Fsp3) is 0.778. The van der Waals surface area contributed by atoms with E-state index in [-0.39, 0.29) is 6.61 Å². The number of hydrogen-bond donors (Lipinski definition) is 1. The Morgan fingerprint density at radius 3 is 2.69 bits per heavy atom. The molecule has 2 rings (SSSR count). The van der Waals surface area contributed by atoms with Crippen molar-refractivity contribution in [1.29, 1.82) is 0 Å². The van der Waals surface area contributed by atoms with E-state index in [9.17, 15) is 5.11 Å². The molecule has 13 heavy (non-hydrogen) atoms. The minimum atomic E-state index is -0.988. The van der Waals surface area contributed by atoms with Gasteiger partial charge in [-0.3, -0.25) is 0 Å². The van der Waals surface area contributed by atoms with Crippen LogP contribution in [0, 0.1) is 0 Å². The Morgan fingerprint density at radius 1 is 1.38 bits per heavy atom. The van der Waals surface area contributed by atoms with Crippen molar-refractivity contribution < 1.29 is 19.3 Å². The quantitative estimate of drug-likeness (QED) is 0.557. The molecule has 0 aromatic carbocycles. The Labute approximate surface area is 77.1 Å².